The van der Waals surface area contributed by atoms with E-state index in [1.165, 1.54) is 0 Å². The van der Waals surface area contributed by atoms with Gasteiger partial charge in [0.25, 0.3) is 5.91 Å². The summed E-state index contributed by atoms with van der Waals surface area (Å²) in [6.07, 6.45) is 0. The van der Waals surface area contributed by atoms with Crippen molar-refractivity contribution in [3.8, 4) is 0 Å². The predicted molar refractivity (Wildman–Crippen MR) is 89.9 cm³/mol. The van der Waals surface area contributed by atoms with Crippen molar-refractivity contribution in [2.45, 2.75) is 6.54 Å². The van der Waals surface area contributed by atoms with Crippen LogP contribution in [0.25, 0.3) is 10.9 Å². The van der Waals surface area contributed by atoms with Crippen molar-refractivity contribution in [1.82, 2.24) is 10.3 Å². The Kier molecular flexibility index (Phi) is 4.24. The van der Waals surface area contributed by atoms with E-state index in [4.69, 9.17) is 11.6 Å². The summed E-state index contributed by atoms with van der Waals surface area (Å²) in [6.45, 7) is 0.473. The molecule has 3 aromatic rings. The highest BCUT2D eigenvalue weighted by Gasteiger charge is 2.11. The molecule has 0 saturated carbocycles. The van der Waals surface area contributed by atoms with E-state index in [0.29, 0.717) is 22.8 Å². The molecule has 3 rings (SSSR count). The van der Waals surface area contributed by atoms with Gasteiger partial charge in [0.15, 0.2) is 0 Å². The van der Waals surface area contributed by atoms with Gasteiger partial charge < -0.3 is 5.32 Å². The Morgan fingerprint density at radius 3 is 2.90 bits per heavy atom. The van der Waals surface area contributed by atoms with Crippen molar-refractivity contribution < 1.29 is 4.79 Å². The lowest BCUT2D eigenvalue weighted by atomic mass is 10.2. The van der Waals surface area contributed by atoms with Crippen molar-refractivity contribution in [2.24, 2.45) is 0 Å². The topological polar surface area (TPSA) is 42.0 Å². The quantitative estimate of drug-likeness (QED) is 0.718. The van der Waals surface area contributed by atoms with Crippen molar-refractivity contribution in [1.29, 1.82) is 0 Å². The molecule has 1 amide bonds. The Morgan fingerprint density at radius 1 is 1.33 bits per heavy atom. The molecule has 0 aliphatic rings. The molecule has 3 nitrogen and oxygen atoms in total. The lowest BCUT2D eigenvalue weighted by Crippen LogP contribution is -2.23. The summed E-state index contributed by atoms with van der Waals surface area (Å²) in [5.41, 5.74) is 1.04. The Morgan fingerprint density at radius 2 is 2.14 bits per heavy atom. The zero-order valence-corrected chi connectivity index (χ0v) is 13.9. The normalized spacial score (nSPS) is 10.8. The van der Waals surface area contributed by atoms with E-state index < -0.39 is 0 Å². The number of carbonyl (C=O) groups excluding carboxylic acids is 1. The maximum atomic E-state index is 12.2. The van der Waals surface area contributed by atoms with Crippen molar-refractivity contribution in [3.05, 3.63) is 61.8 Å². The van der Waals surface area contributed by atoms with Gasteiger partial charge in [-0.2, -0.15) is 0 Å². The SMILES string of the molecule is O=C(NCc1cc(Br)cs1)c1cc(Cl)c2ccccc2n1. The fourth-order valence-electron chi connectivity index (χ4n) is 1.95. The Bertz CT molecular complexity index is 818. The molecule has 2 heterocycles. The number of halogens is 2. The number of pyridine rings is 1. The number of benzene rings is 1. The molecule has 21 heavy (non-hydrogen) atoms. The summed E-state index contributed by atoms with van der Waals surface area (Å²) in [5.74, 6) is -0.229. The zero-order chi connectivity index (χ0) is 14.8. The van der Waals surface area contributed by atoms with Crippen LogP contribution in [0.1, 0.15) is 15.4 Å². The Hall–Kier alpha value is -1.43. The molecule has 0 spiro atoms. The smallest absolute Gasteiger partial charge is 0.270 e. The van der Waals surface area contributed by atoms with Gasteiger partial charge in [-0.05, 0) is 34.1 Å². The number of nitrogens with one attached hydrogen (secondary N) is 1. The number of carbonyl (C=O) groups is 1. The van der Waals surface area contributed by atoms with Gasteiger partial charge in [0.2, 0.25) is 0 Å². The lowest BCUT2D eigenvalue weighted by Gasteiger charge is -2.06. The van der Waals surface area contributed by atoms with E-state index in [1.54, 1.807) is 17.4 Å². The van der Waals surface area contributed by atoms with Gasteiger partial charge in [-0.1, -0.05) is 29.8 Å². The third-order valence-electron chi connectivity index (χ3n) is 2.94. The van der Waals surface area contributed by atoms with Gasteiger partial charge in [-0.15, -0.1) is 11.3 Å². The maximum absolute atomic E-state index is 12.2. The van der Waals surface area contributed by atoms with E-state index in [0.717, 1.165) is 14.7 Å². The fourth-order valence-corrected chi connectivity index (χ4v) is 3.61. The number of para-hydroxylation sites is 1. The summed E-state index contributed by atoms with van der Waals surface area (Å²) >= 11 is 11.2. The highest BCUT2D eigenvalue weighted by atomic mass is 79.9. The Labute approximate surface area is 139 Å². The van der Waals surface area contributed by atoms with Crippen LogP contribution in [0.2, 0.25) is 5.02 Å². The molecule has 0 atom stereocenters. The van der Waals surface area contributed by atoms with Crippen LogP contribution in [0.4, 0.5) is 0 Å². The van der Waals surface area contributed by atoms with Gasteiger partial charge in [-0.25, -0.2) is 4.98 Å². The first-order chi connectivity index (χ1) is 10.1. The molecule has 0 radical (unpaired) electrons. The molecular formula is C15H10BrClN2OS. The number of hydrogen-bond donors (Lipinski definition) is 1. The lowest BCUT2D eigenvalue weighted by molar-refractivity contribution is 0.0946. The van der Waals surface area contributed by atoms with Gasteiger partial charge in [0.1, 0.15) is 5.69 Å². The van der Waals surface area contributed by atoms with Crippen molar-refractivity contribution in [3.63, 3.8) is 0 Å². The van der Waals surface area contributed by atoms with Crippen LogP contribution in [0, 0.1) is 0 Å². The summed E-state index contributed by atoms with van der Waals surface area (Å²) in [7, 11) is 0. The first-order valence-electron chi connectivity index (χ1n) is 6.20. The molecule has 6 heteroatoms. The molecule has 0 bridgehead atoms. The molecule has 0 saturated heterocycles. The maximum Gasteiger partial charge on any atom is 0.270 e. The van der Waals surface area contributed by atoms with E-state index >= 15 is 0 Å². The van der Waals surface area contributed by atoms with Crippen LogP contribution < -0.4 is 5.32 Å². The fraction of sp³-hybridized carbons (Fsp3) is 0.0667. The third-order valence-corrected chi connectivity index (χ3v) is 4.95. The molecule has 0 unspecified atom stereocenters. The van der Waals surface area contributed by atoms with Crippen LogP contribution in [-0.4, -0.2) is 10.9 Å². The number of hydrogen-bond acceptors (Lipinski definition) is 3. The third kappa shape index (κ3) is 3.26. The average Bonchev–Trinajstić information content (AvgIpc) is 2.90. The van der Waals surface area contributed by atoms with E-state index in [2.05, 4.69) is 26.2 Å². The van der Waals surface area contributed by atoms with Gasteiger partial charge in [-0.3, -0.25) is 4.79 Å². The molecule has 0 fully saturated rings. The summed E-state index contributed by atoms with van der Waals surface area (Å²) in [5, 5.41) is 6.21. The highest BCUT2D eigenvalue weighted by Crippen LogP contribution is 2.23. The van der Waals surface area contributed by atoms with Crippen LogP contribution >= 0.6 is 38.9 Å². The van der Waals surface area contributed by atoms with Crippen molar-refractivity contribution >= 4 is 55.7 Å². The van der Waals surface area contributed by atoms with E-state index in [-0.39, 0.29) is 5.91 Å². The van der Waals surface area contributed by atoms with Crippen LogP contribution in [0.3, 0.4) is 0 Å². The second-order valence-electron chi connectivity index (χ2n) is 4.42. The standard InChI is InChI=1S/C15H10BrClN2OS/c16-9-5-10(21-8-9)7-18-15(20)14-6-12(17)11-3-1-2-4-13(11)19-14/h1-6,8H,7H2,(H,18,20). The number of rotatable bonds is 3. The number of amides is 1. The molecular weight excluding hydrogens is 372 g/mol. The van der Waals surface area contributed by atoms with Gasteiger partial charge in [0.05, 0.1) is 17.1 Å². The van der Waals surface area contributed by atoms with Crippen LogP contribution in [0.15, 0.2) is 46.3 Å². The van der Waals surface area contributed by atoms with Crippen LogP contribution in [-0.2, 0) is 6.54 Å². The first kappa shape index (κ1) is 14.5. The summed E-state index contributed by atoms with van der Waals surface area (Å²) in [6, 6.07) is 11.1. The molecule has 1 aromatic carbocycles. The van der Waals surface area contributed by atoms with E-state index in [9.17, 15) is 4.79 Å². The minimum absolute atomic E-state index is 0.229. The molecule has 106 valence electrons. The van der Waals surface area contributed by atoms with Gasteiger partial charge in [0, 0.05) is 20.1 Å². The molecule has 0 aliphatic heterocycles. The van der Waals surface area contributed by atoms with Gasteiger partial charge >= 0.3 is 0 Å². The van der Waals surface area contributed by atoms with E-state index in [1.807, 2.05) is 35.7 Å². The average molecular weight is 382 g/mol. The highest BCUT2D eigenvalue weighted by molar-refractivity contribution is 9.10. The monoisotopic (exact) mass is 380 g/mol. The number of fused-ring (bicyclic) bond motifs is 1. The first-order valence-corrected chi connectivity index (χ1v) is 8.25. The summed E-state index contributed by atoms with van der Waals surface area (Å²) < 4.78 is 1.02. The Balaban J connectivity index is 1.81. The number of thiophene rings is 1. The largest absolute Gasteiger partial charge is 0.346 e. The summed E-state index contributed by atoms with van der Waals surface area (Å²) in [4.78, 5) is 17.6. The second kappa shape index (κ2) is 6.13. The minimum atomic E-state index is -0.229. The number of nitrogens with zero attached hydrogens (tertiary/aromatic N) is 1. The minimum Gasteiger partial charge on any atom is -0.346 e. The predicted octanol–water partition coefficient (Wildman–Crippen LogP) is 4.64. The van der Waals surface area contributed by atoms with Crippen molar-refractivity contribution in [2.75, 3.05) is 0 Å². The second-order valence-corrected chi connectivity index (χ2v) is 6.74. The zero-order valence-electron chi connectivity index (χ0n) is 10.8. The number of aromatic nitrogens is 1. The van der Waals surface area contributed by atoms with Crippen LogP contribution in [0.5, 0.6) is 0 Å². The molecule has 1 N–H and O–H groups in total. The molecule has 0 aliphatic carbocycles. The molecule has 2 aromatic heterocycles.